The van der Waals surface area contributed by atoms with Gasteiger partial charge in [-0.1, -0.05) is 11.3 Å². The summed E-state index contributed by atoms with van der Waals surface area (Å²) >= 11 is 6.31. The van der Waals surface area contributed by atoms with E-state index in [0.717, 1.165) is 11.3 Å². The van der Waals surface area contributed by atoms with Crippen molar-refractivity contribution in [2.45, 2.75) is 19.0 Å². The normalized spacial score (nSPS) is 11.5. The van der Waals surface area contributed by atoms with E-state index in [1.807, 2.05) is 0 Å². The minimum atomic E-state index is -4.20. The van der Waals surface area contributed by atoms with Crippen molar-refractivity contribution < 1.29 is 18.0 Å². The second kappa shape index (κ2) is 5.44. The molecule has 0 unspecified atom stereocenters. The average Bonchev–Trinajstić information content (AvgIpc) is 2.57. The van der Waals surface area contributed by atoms with E-state index in [1.165, 1.54) is 0 Å². The molecule has 1 N–H and O–H groups in total. The molecule has 1 heterocycles. The lowest BCUT2D eigenvalue weighted by Gasteiger charge is -2.05. The van der Waals surface area contributed by atoms with Crippen LogP contribution in [0.15, 0.2) is 0 Å². The first kappa shape index (κ1) is 13.2. The van der Waals surface area contributed by atoms with Crippen LogP contribution in [0.25, 0.3) is 0 Å². The van der Waals surface area contributed by atoms with Gasteiger partial charge in [-0.2, -0.15) is 13.2 Å². The summed E-state index contributed by atoms with van der Waals surface area (Å²) in [4.78, 5) is 11.2. The number of hydrogen-bond donors (Lipinski definition) is 1. The summed E-state index contributed by atoms with van der Waals surface area (Å²) in [6.07, 6.45) is -5.29. The van der Waals surface area contributed by atoms with Crippen molar-refractivity contribution in [2.75, 3.05) is 6.54 Å². The summed E-state index contributed by atoms with van der Waals surface area (Å²) in [6.45, 7) is -0.0600. The van der Waals surface area contributed by atoms with Gasteiger partial charge >= 0.3 is 6.18 Å². The lowest BCUT2D eigenvalue weighted by Crippen LogP contribution is -2.25. The molecule has 0 bridgehead atoms. The van der Waals surface area contributed by atoms with Crippen LogP contribution in [0.2, 0.25) is 4.47 Å². The zero-order valence-corrected chi connectivity index (χ0v) is 9.42. The third kappa shape index (κ3) is 4.75. The van der Waals surface area contributed by atoms with E-state index >= 15 is 0 Å². The smallest absolute Gasteiger partial charge is 0.350 e. The van der Waals surface area contributed by atoms with E-state index in [4.69, 9.17) is 11.6 Å². The third-order valence-electron chi connectivity index (χ3n) is 1.52. The highest BCUT2D eigenvalue weighted by Crippen LogP contribution is 2.20. The lowest BCUT2D eigenvalue weighted by molar-refractivity contribution is -0.135. The van der Waals surface area contributed by atoms with Gasteiger partial charge in [0.15, 0.2) is 0 Å². The number of nitrogens with one attached hydrogen (secondary N) is 1. The summed E-state index contributed by atoms with van der Waals surface area (Å²) in [5.74, 6) is -0.563. The number of aromatic nitrogens is 2. The van der Waals surface area contributed by atoms with E-state index < -0.39 is 18.5 Å². The van der Waals surface area contributed by atoms with Crippen LogP contribution in [0.4, 0.5) is 13.2 Å². The average molecular weight is 274 g/mol. The van der Waals surface area contributed by atoms with Gasteiger partial charge in [-0.25, -0.2) is 0 Å². The van der Waals surface area contributed by atoms with Gasteiger partial charge in [-0.15, -0.1) is 10.2 Å². The van der Waals surface area contributed by atoms with Crippen LogP contribution >= 0.6 is 22.9 Å². The molecule has 90 valence electrons. The van der Waals surface area contributed by atoms with Gasteiger partial charge in [-0.05, 0) is 18.0 Å². The van der Waals surface area contributed by atoms with Gasteiger partial charge in [0.2, 0.25) is 9.47 Å². The maximum atomic E-state index is 11.8. The molecule has 0 spiro atoms. The largest absolute Gasteiger partial charge is 0.389 e. The molecule has 16 heavy (non-hydrogen) atoms. The number of nitrogens with zero attached hydrogens (tertiary/aromatic N) is 2. The molecule has 0 aliphatic rings. The highest BCUT2D eigenvalue weighted by Gasteiger charge is 2.26. The molecule has 0 saturated heterocycles. The van der Waals surface area contributed by atoms with Crippen LogP contribution in [0, 0.1) is 0 Å². The molecule has 0 radical (unpaired) electrons. The van der Waals surface area contributed by atoms with Gasteiger partial charge in [0.05, 0.1) is 0 Å². The van der Waals surface area contributed by atoms with Crippen molar-refractivity contribution in [3.8, 4) is 0 Å². The first-order valence-corrected chi connectivity index (χ1v) is 5.42. The first-order valence-electron chi connectivity index (χ1n) is 4.22. The van der Waals surface area contributed by atoms with Crippen LogP contribution in [0.3, 0.4) is 0 Å². The SMILES string of the molecule is O=C(NCCCC(F)(F)F)c1nnc(Cl)s1. The second-order valence-electron chi connectivity index (χ2n) is 2.83. The fourth-order valence-corrected chi connectivity index (χ4v) is 1.61. The molecule has 1 rings (SSSR count). The van der Waals surface area contributed by atoms with Gasteiger partial charge in [0, 0.05) is 13.0 Å². The van der Waals surface area contributed by atoms with E-state index in [1.54, 1.807) is 0 Å². The minimum absolute atomic E-state index is 0.0389. The topological polar surface area (TPSA) is 54.9 Å². The van der Waals surface area contributed by atoms with E-state index in [-0.39, 0.29) is 22.4 Å². The summed E-state index contributed by atoms with van der Waals surface area (Å²) in [6, 6.07) is 0. The highest BCUT2D eigenvalue weighted by molar-refractivity contribution is 7.17. The number of halogens is 4. The lowest BCUT2D eigenvalue weighted by atomic mass is 10.3. The number of carbonyl (C=O) groups is 1. The predicted octanol–water partition coefficient (Wildman–Crippen LogP) is 2.26. The van der Waals surface area contributed by atoms with Crippen LogP contribution in [0.5, 0.6) is 0 Å². The molecule has 1 aromatic rings. The van der Waals surface area contributed by atoms with Crippen LogP contribution in [-0.2, 0) is 0 Å². The molecule has 0 saturated carbocycles. The Balaban J connectivity index is 2.26. The Morgan fingerprint density at radius 2 is 2.12 bits per heavy atom. The van der Waals surface area contributed by atoms with Crippen LogP contribution in [-0.4, -0.2) is 28.8 Å². The predicted molar refractivity (Wildman–Crippen MR) is 52.5 cm³/mol. The summed E-state index contributed by atoms with van der Waals surface area (Å²) in [5, 5.41) is 9.18. The summed E-state index contributed by atoms with van der Waals surface area (Å²) in [5.41, 5.74) is 0. The monoisotopic (exact) mass is 273 g/mol. The standard InChI is InChI=1S/C7H7ClF3N3OS/c8-6-14-13-5(16-6)4(15)12-3-1-2-7(9,10)11/h1-3H2,(H,12,15). The van der Waals surface area contributed by atoms with E-state index in [9.17, 15) is 18.0 Å². The Bertz CT molecular complexity index is 368. The van der Waals surface area contributed by atoms with Gasteiger partial charge in [0.1, 0.15) is 0 Å². The zero-order chi connectivity index (χ0) is 12.2. The number of hydrogen-bond acceptors (Lipinski definition) is 4. The second-order valence-corrected chi connectivity index (χ2v) is 4.39. The number of alkyl halides is 3. The maximum absolute atomic E-state index is 11.8. The summed E-state index contributed by atoms with van der Waals surface area (Å²) in [7, 11) is 0. The molecule has 0 aromatic carbocycles. The molecular formula is C7H7ClF3N3OS. The number of carbonyl (C=O) groups excluding carboxylic acids is 1. The molecule has 0 aliphatic heterocycles. The van der Waals surface area contributed by atoms with Crippen molar-refractivity contribution in [1.29, 1.82) is 0 Å². The van der Waals surface area contributed by atoms with Crippen molar-refractivity contribution >= 4 is 28.8 Å². The van der Waals surface area contributed by atoms with Crippen molar-refractivity contribution in [2.24, 2.45) is 0 Å². The molecule has 0 fully saturated rings. The first-order chi connectivity index (χ1) is 7.38. The highest BCUT2D eigenvalue weighted by atomic mass is 35.5. The molecule has 9 heteroatoms. The molecule has 0 aliphatic carbocycles. The third-order valence-corrected chi connectivity index (χ3v) is 2.53. The van der Waals surface area contributed by atoms with E-state index in [0.29, 0.717) is 0 Å². The Kier molecular flexibility index (Phi) is 4.48. The van der Waals surface area contributed by atoms with Crippen molar-refractivity contribution in [1.82, 2.24) is 15.5 Å². The molecule has 0 atom stereocenters. The fraction of sp³-hybridized carbons (Fsp3) is 0.571. The minimum Gasteiger partial charge on any atom is -0.350 e. The van der Waals surface area contributed by atoms with Crippen molar-refractivity contribution in [3.05, 3.63) is 9.47 Å². The maximum Gasteiger partial charge on any atom is 0.389 e. The van der Waals surface area contributed by atoms with Gasteiger partial charge < -0.3 is 5.32 Å². The van der Waals surface area contributed by atoms with E-state index in [2.05, 4.69) is 15.5 Å². The van der Waals surface area contributed by atoms with Gasteiger partial charge in [-0.3, -0.25) is 4.79 Å². The molecule has 1 aromatic heterocycles. The quantitative estimate of drug-likeness (QED) is 0.856. The Morgan fingerprint density at radius 1 is 1.44 bits per heavy atom. The number of amides is 1. The Hall–Kier alpha value is -0.890. The Morgan fingerprint density at radius 3 is 2.62 bits per heavy atom. The van der Waals surface area contributed by atoms with Gasteiger partial charge in [0.25, 0.3) is 5.91 Å². The fourth-order valence-electron chi connectivity index (χ4n) is 0.863. The number of rotatable bonds is 4. The van der Waals surface area contributed by atoms with Crippen LogP contribution in [0.1, 0.15) is 22.6 Å². The zero-order valence-electron chi connectivity index (χ0n) is 7.84. The van der Waals surface area contributed by atoms with Crippen LogP contribution < -0.4 is 5.32 Å². The molecule has 1 amide bonds. The molecule has 4 nitrogen and oxygen atoms in total. The Labute approximate surface area is 97.8 Å². The summed E-state index contributed by atoms with van der Waals surface area (Å²) < 4.78 is 35.4. The van der Waals surface area contributed by atoms with Crippen molar-refractivity contribution in [3.63, 3.8) is 0 Å². The molecular weight excluding hydrogens is 267 g/mol.